The van der Waals surface area contributed by atoms with E-state index in [0.29, 0.717) is 6.54 Å². The van der Waals surface area contributed by atoms with Crippen molar-refractivity contribution in [1.29, 1.82) is 0 Å². The van der Waals surface area contributed by atoms with Crippen molar-refractivity contribution in [3.63, 3.8) is 0 Å². The molecule has 6 heteroatoms. The van der Waals surface area contributed by atoms with Crippen molar-refractivity contribution >= 4 is 6.09 Å². The fourth-order valence-corrected chi connectivity index (χ4v) is 2.81. The van der Waals surface area contributed by atoms with Gasteiger partial charge < -0.3 is 19.5 Å². The van der Waals surface area contributed by atoms with Crippen molar-refractivity contribution in [2.45, 2.75) is 39.3 Å². The molecular weight excluding hydrogens is 308 g/mol. The number of alkyl carbamates (subject to hydrolysis) is 1. The number of nitrogens with one attached hydrogen (secondary N) is 1. The number of methoxy groups -OCH3 is 2. The molecule has 0 spiro atoms. The molecule has 1 N–H and O–H groups in total. The van der Waals surface area contributed by atoms with Crippen LogP contribution in [0, 0.1) is 0 Å². The van der Waals surface area contributed by atoms with Crippen LogP contribution in [-0.2, 0) is 17.7 Å². The first kappa shape index (κ1) is 18.4. The maximum atomic E-state index is 11.7. The SMILES string of the molecule is COc1cc2c(c(OC)c1)CCN(CCNC(=O)OC(C)(C)C)C2. The Morgan fingerprint density at radius 3 is 2.62 bits per heavy atom. The predicted octanol–water partition coefficient (Wildman–Crippen LogP) is 2.59. The Morgan fingerprint density at radius 2 is 2.00 bits per heavy atom. The highest BCUT2D eigenvalue weighted by molar-refractivity contribution is 5.67. The number of nitrogens with zero attached hydrogens (tertiary/aromatic N) is 1. The number of carbonyl (C=O) groups is 1. The molecular formula is C18H28N2O4. The lowest BCUT2D eigenvalue weighted by Gasteiger charge is -2.30. The number of ether oxygens (including phenoxy) is 3. The average Bonchev–Trinajstić information content (AvgIpc) is 2.51. The number of amides is 1. The summed E-state index contributed by atoms with van der Waals surface area (Å²) in [5.41, 5.74) is 1.99. The minimum absolute atomic E-state index is 0.372. The van der Waals surface area contributed by atoms with E-state index in [9.17, 15) is 4.79 Å². The number of fused-ring (bicyclic) bond motifs is 1. The predicted molar refractivity (Wildman–Crippen MR) is 92.8 cm³/mol. The van der Waals surface area contributed by atoms with Crippen LogP contribution in [0.3, 0.4) is 0 Å². The maximum Gasteiger partial charge on any atom is 0.407 e. The van der Waals surface area contributed by atoms with E-state index in [0.717, 1.165) is 37.6 Å². The third kappa shape index (κ3) is 5.03. The number of benzene rings is 1. The molecule has 0 fully saturated rings. The quantitative estimate of drug-likeness (QED) is 0.895. The van der Waals surface area contributed by atoms with Crippen LogP contribution in [0.25, 0.3) is 0 Å². The van der Waals surface area contributed by atoms with Gasteiger partial charge in [-0.3, -0.25) is 4.90 Å². The lowest BCUT2D eigenvalue weighted by molar-refractivity contribution is 0.0521. The highest BCUT2D eigenvalue weighted by Crippen LogP contribution is 2.32. The summed E-state index contributed by atoms with van der Waals surface area (Å²) in [7, 11) is 3.35. The van der Waals surface area contributed by atoms with Crippen molar-refractivity contribution in [1.82, 2.24) is 10.2 Å². The van der Waals surface area contributed by atoms with Gasteiger partial charge in [-0.25, -0.2) is 4.79 Å². The molecule has 1 aliphatic rings. The first-order valence-electron chi connectivity index (χ1n) is 8.25. The van der Waals surface area contributed by atoms with Crippen LogP contribution in [-0.4, -0.2) is 50.4 Å². The van der Waals surface area contributed by atoms with E-state index in [-0.39, 0.29) is 6.09 Å². The van der Waals surface area contributed by atoms with E-state index in [1.807, 2.05) is 26.8 Å². The smallest absolute Gasteiger partial charge is 0.407 e. The summed E-state index contributed by atoms with van der Waals surface area (Å²) in [6, 6.07) is 3.99. The second kappa shape index (κ2) is 7.75. The van der Waals surface area contributed by atoms with Crippen LogP contribution >= 0.6 is 0 Å². The van der Waals surface area contributed by atoms with Gasteiger partial charge in [-0.1, -0.05) is 0 Å². The summed E-state index contributed by atoms with van der Waals surface area (Å²) < 4.78 is 16.1. The van der Waals surface area contributed by atoms with Crippen LogP contribution in [0.1, 0.15) is 31.9 Å². The second-order valence-corrected chi connectivity index (χ2v) is 6.92. The molecule has 0 atom stereocenters. The molecule has 134 valence electrons. The zero-order valence-corrected chi connectivity index (χ0v) is 15.3. The Morgan fingerprint density at radius 1 is 1.25 bits per heavy atom. The van der Waals surface area contributed by atoms with Gasteiger partial charge >= 0.3 is 6.09 Å². The molecule has 0 saturated heterocycles. The van der Waals surface area contributed by atoms with Crippen molar-refractivity contribution < 1.29 is 19.0 Å². The highest BCUT2D eigenvalue weighted by Gasteiger charge is 2.21. The number of carbonyl (C=O) groups excluding carboxylic acids is 1. The van der Waals surface area contributed by atoms with Crippen LogP contribution in [0.2, 0.25) is 0 Å². The molecule has 0 unspecified atom stereocenters. The van der Waals surface area contributed by atoms with Gasteiger partial charge in [0.15, 0.2) is 0 Å². The van der Waals surface area contributed by atoms with Gasteiger partial charge in [-0.15, -0.1) is 0 Å². The van der Waals surface area contributed by atoms with Crippen molar-refractivity contribution in [2.75, 3.05) is 33.9 Å². The minimum Gasteiger partial charge on any atom is -0.497 e. The third-order valence-corrected chi connectivity index (χ3v) is 3.90. The van der Waals surface area contributed by atoms with Gasteiger partial charge in [0.1, 0.15) is 17.1 Å². The van der Waals surface area contributed by atoms with Crippen LogP contribution < -0.4 is 14.8 Å². The largest absolute Gasteiger partial charge is 0.497 e. The first-order valence-corrected chi connectivity index (χ1v) is 8.25. The van der Waals surface area contributed by atoms with Gasteiger partial charge in [-0.05, 0) is 38.8 Å². The fourth-order valence-electron chi connectivity index (χ4n) is 2.81. The zero-order valence-electron chi connectivity index (χ0n) is 15.3. The van der Waals surface area contributed by atoms with Gasteiger partial charge in [0.05, 0.1) is 14.2 Å². The van der Waals surface area contributed by atoms with Crippen LogP contribution in [0.15, 0.2) is 12.1 Å². The van der Waals surface area contributed by atoms with E-state index in [2.05, 4.69) is 16.3 Å². The molecule has 1 heterocycles. The van der Waals surface area contributed by atoms with Crippen molar-refractivity contribution in [3.05, 3.63) is 23.3 Å². The Hall–Kier alpha value is -1.95. The van der Waals surface area contributed by atoms with E-state index >= 15 is 0 Å². The number of hydrogen-bond donors (Lipinski definition) is 1. The minimum atomic E-state index is -0.471. The zero-order chi connectivity index (χ0) is 17.7. The normalized spacial score (nSPS) is 14.7. The van der Waals surface area contributed by atoms with E-state index in [4.69, 9.17) is 14.2 Å². The van der Waals surface area contributed by atoms with Crippen molar-refractivity contribution in [3.8, 4) is 11.5 Å². The monoisotopic (exact) mass is 336 g/mol. The summed E-state index contributed by atoms with van der Waals surface area (Å²) in [5, 5.41) is 2.80. The summed E-state index contributed by atoms with van der Waals surface area (Å²) in [4.78, 5) is 14.0. The molecule has 0 bridgehead atoms. The Kier molecular flexibility index (Phi) is 5.94. The maximum absolute atomic E-state index is 11.7. The second-order valence-electron chi connectivity index (χ2n) is 6.92. The van der Waals surface area contributed by atoms with Crippen LogP contribution in [0.4, 0.5) is 4.79 Å². The van der Waals surface area contributed by atoms with E-state index < -0.39 is 5.60 Å². The summed E-state index contributed by atoms with van der Waals surface area (Å²) in [6.45, 7) is 8.66. The van der Waals surface area contributed by atoms with E-state index in [1.165, 1.54) is 11.1 Å². The Bertz CT molecular complexity index is 581. The summed E-state index contributed by atoms with van der Waals surface area (Å²) in [6.07, 6.45) is 0.554. The lowest BCUT2D eigenvalue weighted by atomic mass is 9.98. The number of rotatable bonds is 5. The topological polar surface area (TPSA) is 60.0 Å². The Labute approximate surface area is 144 Å². The molecule has 0 radical (unpaired) electrons. The molecule has 1 amide bonds. The molecule has 24 heavy (non-hydrogen) atoms. The van der Waals surface area contributed by atoms with Crippen LogP contribution in [0.5, 0.6) is 11.5 Å². The molecule has 6 nitrogen and oxygen atoms in total. The molecule has 0 saturated carbocycles. The van der Waals surface area contributed by atoms with Gasteiger partial charge in [0.25, 0.3) is 0 Å². The van der Waals surface area contributed by atoms with E-state index in [1.54, 1.807) is 14.2 Å². The highest BCUT2D eigenvalue weighted by atomic mass is 16.6. The van der Waals surface area contributed by atoms with Gasteiger partial charge in [-0.2, -0.15) is 0 Å². The Balaban J connectivity index is 1.90. The number of hydrogen-bond acceptors (Lipinski definition) is 5. The van der Waals surface area contributed by atoms with Crippen molar-refractivity contribution in [2.24, 2.45) is 0 Å². The third-order valence-electron chi connectivity index (χ3n) is 3.90. The summed E-state index contributed by atoms with van der Waals surface area (Å²) in [5.74, 6) is 1.69. The summed E-state index contributed by atoms with van der Waals surface area (Å²) >= 11 is 0. The molecule has 0 aliphatic carbocycles. The molecule has 0 aromatic heterocycles. The fraction of sp³-hybridized carbons (Fsp3) is 0.611. The lowest BCUT2D eigenvalue weighted by Crippen LogP contribution is -2.39. The first-order chi connectivity index (χ1) is 11.3. The molecule has 1 aliphatic heterocycles. The molecule has 1 aromatic rings. The van der Waals surface area contributed by atoms with Gasteiger partial charge in [0, 0.05) is 37.8 Å². The molecule has 1 aromatic carbocycles. The molecule has 2 rings (SSSR count). The van der Waals surface area contributed by atoms with Gasteiger partial charge in [0.2, 0.25) is 0 Å². The average molecular weight is 336 g/mol. The standard InChI is InChI=1S/C18H28N2O4/c1-18(2,3)24-17(21)19-7-9-20-8-6-15-13(12-20)10-14(22-4)11-16(15)23-5/h10-11H,6-9,12H2,1-5H3,(H,19,21).